The van der Waals surface area contributed by atoms with E-state index >= 15 is 0 Å². The standard InChI is InChI=1S/C20H28BrN3O2/c21-17-6-5-7-18(14-17)22-19(25)15-23-12-8-16(9-13-23)20(26)24-10-3-1-2-4-11-24/h5-7,14,16H,1-4,8-13,15H2,(H,22,25). The lowest BCUT2D eigenvalue weighted by molar-refractivity contribution is -0.137. The van der Waals surface area contributed by atoms with Crippen LogP contribution >= 0.6 is 15.9 Å². The Kier molecular flexibility index (Phi) is 7.08. The third kappa shape index (κ3) is 5.55. The van der Waals surface area contributed by atoms with E-state index in [0.29, 0.717) is 12.5 Å². The van der Waals surface area contributed by atoms with Gasteiger partial charge in [-0.3, -0.25) is 14.5 Å². The number of carbonyl (C=O) groups excluding carboxylic acids is 2. The van der Waals surface area contributed by atoms with Crippen molar-refractivity contribution in [3.05, 3.63) is 28.7 Å². The van der Waals surface area contributed by atoms with Crippen LogP contribution in [0.3, 0.4) is 0 Å². The van der Waals surface area contributed by atoms with Crippen molar-refractivity contribution in [2.75, 3.05) is 38.0 Å². The summed E-state index contributed by atoms with van der Waals surface area (Å²) in [5.74, 6) is 0.475. The normalized spacial score (nSPS) is 19.8. The van der Waals surface area contributed by atoms with Crippen LogP contribution in [0.15, 0.2) is 28.7 Å². The first kappa shape index (κ1) is 19.4. The summed E-state index contributed by atoms with van der Waals surface area (Å²) in [5, 5.41) is 2.94. The molecule has 0 unspecified atom stereocenters. The molecule has 1 N–H and O–H groups in total. The van der Waals surface area contributed by atoms with Gasteiger partial charge in [-0.25, -0.2) is 0 Å². The highest BCUT2D eigenvalue weighted by Gasteiger charge is 2.29. The molecular formula is C20H28BrN3O2. The first-order valence-corrected chi connectivity index (χ1v) is 10.5. The molecule has 6 heteroatoms. The van der Waals surface area contributed by atoms with E-state index in [4.69, 9.17) is 0 Å². The number of amides is 2. The number of benzene rings is 1. The van der Waals surface area contributed by atoms with Gasteiger partial charge in [-0.05, 0) is 57.0 Å². The molecule has 0 spiro atoms. The molecule has 0 aromatic heterocycles. The lowest BCUT2D eigenvalue weighted by atomic mass is 9.95. The number of hydrogen-bond acceptors (Lipinski definition) is 3. The Labute approximate surface area is 164 Å². The highest BCUT2D eigenvalue weighted by molar-refractivity contribution is 9.10. The molecule has 2 heterocycles. The number of anilines is 1. The summed E-state index contributed by atoms with van der Waals surface area (Å²) in [6.45, 7) is 3.87. The predicted molar refractivity (Wildman–Crippen MR) is 107 cm³/mol. The molecule has 26 heavy (non-hydrogen) atoms. The summed E-state index contributed by atoms with van der Waals surface area (Å²) in [7, 11) is 0. The van der Waals surface area contributed by atoms with Crippen molar-refractivity contribution in [1.29, 1.82) is 0 Å². The Balaban J connectivity index is 1.43. The first-order valence-electron chi connectivity index (χ1n) is 9.68. The lowest BCUT2D eigenvalue weighted by Crippen LogP contribution is -2.44. The Hall–Kier alpha value is -1.40. The number of nitrogens with one attached hydrogen (secondary N) is 1. The van der Waals surface area contributed by atoms with Gasteiger partial charge in [0.1, 0.15) is 0 Å². The van der Waals surface area contributed by atoms with E-state index in [1.54, 1.807) is 0 Å². The first-order chi connectivity index (χ1) is 12.6. The molecule has 0 atom stereocenters. The SMILES string of the molecule is O=C(CN1CCC(C(=O)N2CCCCCC2)CC1)Nc1cccc(Br)c1. The second-order valence-electron chi connectivity index (χ2n) is 7.35. The molecule has 2 aliphatic rings. The van der Waals surface area contributed by atoms with Gasteiger partial charge in [0.25, 0.3) is 0 Å². The van der Waals surface area contributed by atoms with E-state index in [1.807, 2.05) is 24.3 Å². The smallest absolute Gasteiger partial charge is 0.238 e. The monoisotopic (exact) mass is 421 g/mol. The molecule has 1 aromatic carbocycles. The van der Waals surface area contributed by atoms with Gasteiger partial charge < -0.3 is 10.2 Å². The Morgan fingerprint density at radius 2 is 1.73 bits per heavy atom. The minimum Gasteiger partial charge on any atom is -0.342 e. The zero-order valence-electron chi connectivity index (χ0n) is 15.3. The van der Waals surface area contributed by atoms with Gasteiger partial charge in [0.05, 0.1) is 6.54 Å². The zero-order valence-corrected chi connectivity index (χ0v) is 16.8. The van der Waals surface area contributed by atoms with Crippen molar-refractivity contribution < 1.29 is 9.59 Å². The summed E-state index contributed by atoms with van der Waals surface area (Å²) < 4.78 is 0.947. The number of carbonyl (C=O) groups is 2. The van der Waals surface area contributed by atoms with Gasteiger partial charge in [-0.2, -0.15) is 0 Å². The summed E-state index contributed by atoms with van der Waals surface area (Å²) >= 11 is 3.41. The fraction of sp³-hybridized carbons (Fsp3) is 0.600. The van der Waals surface area contributed by atoms with Crippen LogP contribution in [0.25, 0.3) is 0 Å². The van der Waals surface area contributed by atoms with Crippen LogP contribution < -0.4 is 5.32 Å². The third-order valence-corrected chi connectivity index (χ3v) is 5.82. The van der Waals surface area contributed by atoms with Crippen LogP contribution in [0, 0.1) is 5.92 Å². The summed E-state index contributed by atoms with van der Waals surface area (Å²) in [5.41, 5.74) is 0.801. The van der Waals surface area contributed by atoms with Crippen LogP contribution in [0.5, 0.6) is 0 Å². The maximum atomic E-state index is 12.7. The van der Waals surface area contributed by atoms with E-state index in [2.05, 4.69) is 31.0 Å². The zero-order chi connectivity index (χ0) is 18.4. The van der Waals surface area contributed by atoms with Gasteiger partial charge in [-0.1, -0.05) is 34.8 Å². The van der Waals surface area contributed by atoms with Gasteiger partial charge in [-0.15, -0.1) is 0 Å². The van der Waals surface area contributed by atoms with E-state index < -0.39 is 0 Å². The fourth-order valence-corrected chi connectivity index (χ4v) is 4.26. The molecule has 1 aromatic rings. The molecule has 142 valence electrons. The molecule has 2 saturated heterocycles. The van der Waals surface area contributed by atoms with Crippen molar-refractivity contribution in [1.82, 2.24) is 9.80 Å². The number of halogens is 1. The van der Waals surface area contributed by atoms with Crippen molar-refractivity contribution in [2.24, 2.45) is 5.92 Å². The Morgan fingerprint density at radius 1 is 1.04 bits per heavy atom. The lowest BCUT2D eigenvalue weighted by Gasteiger charge is -2.33. The number of hydrogen-bond donors (Lipinski definition) is 1. The third-order valence-electron chi connectivity index (χ3n) is 5.33. The van der Waals surface area contributed by atoms with Crippen molar-refractivity contribution in [2.45, 2.75) is 38.5 Å². The minimum atomic E-state index is 0.000365. The van der Waals surface area contributed by atoms with E-state index in [0.717, 1.165) is 62.0 Å². The summed E-state index contributed by atoms with van der Waals surface area (Å²) in [6, 6.07) is 7.61. The van der Waals surface area contributed by atoms with Crippen molar-refractivity contribution >= 4 is 33.4 Å². The Morgan fingerprint density at radius 3 is 2.38 bits per heavy atom. The number of piperidine rings is 1. The molecule has 3 rings (SSSR count). The molecule has 0 saturated carbocycles. The van der Waals surface area contributed by atoms with Crippen LogP contribution in [0.1, 0.15) is 38.5 Å². The molecule has 0 bridgehead atoms. The largest absolute Gasteiger partial charge is 0.342 e. The number of rotatable bonds is 4. The number of likely N-dealkylation sites (tertiary alicyclic amines) is 2. The van der Waals surface area contributed by atoms with E-state index in [9.17, 15) is 9.59 Å². The van der Waals surface area contributed by atoms with Crippen molar-refractivity contribution in [3.63, 3.8) is 0 Å². The molecule has 5 nitrogen and oxygen atoms in total. The molecule has 0 aliphatic carbocycles. The second-order valence-corrected chi connectivity index (χ2v) is 8.26. The summed E-state index contributed by atoms with van der Waals surface area (Å²) in [4.78, 5) is 29.2. The maximum Gasteiger partial charge on any atom is 0.238 e. The maximum absolute atomic E-state index is 12.7. The molecule has 2 aliphatic heterocycles. The molecule has 2 fully saturated rings. The predicted octanol–water partition coefficient (Wildman–Crippen LogP) is 3.50. The Bertz CT molecular complexity index is 621. The van der Waals surface area contributed by atoms with Gasteiger partial charge in [0.15, 0.2) is 0 Å². The van der Waals surface area contributed by atoms with Crippen LogP contribution in [-0.4, -0.2) is 54.3 Å². The van der Waals surface area contributed by atoms with Gasteiger partial charge in [0.2, 0.25) is 11.8 Å². The summed E-state index contributed by atoms with van der Waals surface area (Å²) in [6.07, 6.45) is 6.49. The second kappa shape index (κ2) is 9.51. The molecule has 0 radical (unpaired) electrons. The van der Waals surface area contributed by atoms with E-state index in [-0.39, 0.29) is 11.8 Å². The van der Waals surface area contributed by atoms with Crippen molar-refractivity contribution in [3.8, 4) is 0 Å². The quantitative estimate of drug-likeness (QED) is 0.808. The molecular weight excluding hydrogens is 394 g/mol. The molecule has 2 amide bonds. The highest BCUT2D eigenvalue weighted by atomic mass is 79.9. The minimum absolute atomic E-state index is 0.000365. The van der Waals surface area contributed by atoms with Crippen LogP contribution in [-0.2, 0) is 9.59 Å². The fourth-order valence-electron chi connectivity index (χ4n) is 3.86. The number of nitrogens with zero attached hydrogens (tertiary/aromatic N) is 2. The average Bonchev–Trinajstić information content (AvgIpc) is 2.91. The highest BCUT2D eigenvalue weighted by Crippen LogP contribution is 2.22. The van der Waals surface area contributed by atoms with Gasteiger partial charge in [0, 0.05) is 29.2 Å². The van der Waals surface area contributed by atoms with Gasteiger partial charge >= 0.3 is 0 Å². The van der Waals surface area contributed by atoms with E-state index in [1.165, 1.54) is 12.8 Å². The van der Waals surface area contributed by atoms with Crippen LogP contribution in [0.4, 0.5) is 5.69 Å². The van der Waals surface area contributed by atoms with Crippen LogP contribution in [0.2, 0.25) is 0 Å². The average molecular weight is 422 g/mol. The topological polar surface area (TPSA) is 52.7 Å².